The highest BCUT2D eigenvalue weighted by molar-refractivity contribution is 7.15. The second-order valence-electron chi connectivity index (χ2n) is 3.94. The first kappa shape index (κ1) is 11.0. The summed E-state index contributed by atoms with van der Waals surface area (Å²) in [6.07, 6.45) is 2.06. The fraction of sp³-hybridized carbons (Fsp3) is 0.0769. The zero-order chi connectivity index (χ0) is 12.5. The molecule has 90 valence electrons. The molecule has 0 aliphatic rings. The molecule has 0 atom stereocenters. The van der Waals surface area contributed by atoms with Crippen molar-refractivity contribution >= 4 is 16.3 Å². The fourth-order valence-corrected chi connectivity index (χ4v) is 2.56. The van der Waals surface area contributed by atoms with Gasteiger partial charge in [0.1, 0.15) is 0 Å². The van der Waals surface area contributed by atoms with Crippen LogP contribution in [0.2, 0.25) is 0 Å². The highest BCUT2D eigenvalue weighted by atomic mass is 32.1. The highest BCUT2D eigenvalue weighted by Crippen LogP contribution is 2.17. The van der Waals surface area contributed by atoms with E-state index in [0.717, 1.165) is 5.56 Å². The molecule has 2 aromatic heterocycles. The number of hydrogen-bond donors (Lipinski definition) is 1. The van der Waals surface area contributed by atoms with Crippen molar-refractivity contribution < 1.29 is 5.11 Å². The minimum Gasteiger partial charge on any atom is -0.493 e. The van der Waals surface area contributed by atoms with Crippen molar-refractivity contribution in [1.29, 1.82) is 0 Å². The maximum absolute atomic E-state index is 12.2. The van der Waals surface area contributed by atoms with Crippen LogP contribution in [0.4, 0.5) is 0 Å². The molecule has 0 unspecified atom stereocenters. The zero-order valence-corrected chi connectivity index (χ0v) is 10.2. The molecular weight excluding hydrogens is 248 g/mol. The van der Waals surface area contributed by atoms with Crippen LogP contribution in [0.3, 0.4) is 0 Å². The zero-order valence-electron chi connectivity index (χ0n) is 9.41. The van der Waals surface area contributed by atoms with Crippen LogP contribution in [0, 0.1) is 0 Å². The fourth-order valence-electron chi connectivity index (χ4n) is 1.86. The van der Waals surface area contributed by atoms with E-state index in [1.807, 2.05) is 30.3 Å². The number of thiazole rings is 1. The van der Waals surface area contributed by atoms with Crippen LogP contribution in [0.15, 0.2) is 46.7 Å². The molecule has 18 heavy (non-hydrogen) atoms. The Balaban J connectivity index is 2.14. The van der Waals surface area contributed by atoms with Crippen molar-refractivity contribution in [2.75, 3.05) is 0 Å². The van der Waals surface area contributed by atoms with Crippen LogP contribution in [0.1, 0.15) is 11.1 Å². The van der Waals surface area contributed by atoms with Gasteiger partial charge < -0.3 is 5.11 Å². The van der Waals surface area contributed by atoms with Gasteiger partial charge in [0.05, 0.1) is 5.56 Å². The Bertz CT molecular complexity index is 747. The number of aromatic hydroxyl groups is 1. The molecule has 0 radical (unpaired) electrons. The lowest BCUT2D eigenvalue weighted by molar-refractivity contribution is 0.446. The standard InChI is InChI=1S/C13H10N2O2S/c16-11-10(8-9-4-2-1-3-5-9)12(17)15-6-7-18-13(15)14-11/h1-7,16H,8H2. The summed E-state index contributed by atoms with van der Waals surface area (Å²) in [4.78, 5) is 16.7. The van der Waals surface area contributed by atoms with E-state index >= 15 is 0 Å². The van der Waals surface area contributed by atoms with E-state index in [9.17, 15) is 9.90 Å². The quantitative estimate of drug-likeness (QED) is 0.765. The van der Waals surface area contributed by atoms with Gasteiger partial charge >= 0.3 is 0 Å². The van der Waals surface area contributed by atoms with Gasteiger partial charge in [-0.15, -0.1) is 11.3 Å². The largest absolute Gasteiger partial charge is 0.493 e. The van der Waals surface area contributed by atoms with Gasteiger partial charge in [-0.1, -0.05) is 30.3 Å². The predicted octanol–water partition coefficient (Wildman–Crippen LogP) is 2.05. The van der Waals surface area contributed by atoms with Crippen LogP contribution in [0.25, 0.3) is 4.96 Å². The lowest BCUT2D eigenvalue weighted by Crippen LogP contribution is -2.18. The van der Waals surface area contributed by atoms with Gasteiger partial charge in [-0.05, 0) is 5.56 Å². The minimum atomic E-state index is -0.206. The minimum absolute atomic E-state index is 0.175. The summed E-state index contributed by atoms with van der Waals surface area (Å²) in [6, 6.07) is 9.56. The first-order valence-electron chi connectivity index (χ1n) is 5.47. The van der Waals surface area contributed by atoms with Crippen molar-refractivity contribution in [2.45, 2.75) is 6.42 Å². The molecule has 0 aliphatic heterocycles. The highest BCUT2D eigenvalue weighted by Gasteiger charge is 2.12. The number of benzene rings is 1. The molecular formula is C13H10N2O2S. The second-order valence-corrected chi connectivity index (χ2v) is 4.81. The Labute approximate surface area is 107 Å². The third-order valence-electron chi connectivity index (χ3n) is 2.76. The monoisotopic (exact) mass is 258 g/mol. The Kier molecular flexibility index (Phi) is 2.60. The molecule has 0 amide bonds. The van der Waals surface area contributed by atoms with E-state index < -0.39 is 0 Å². The van der Waals surface area contributed by atoms with Gasteiger partial charge in [0.2, 0.25) is 5.88 Å². The predicted molar refractivity (Wildman–Crippen MR) is 70.3 cm³/mol. The Hall–Kier alpha value is -2.14. The second kappa shape index (κ2) is 4.27. The van der Waals surface area contributed by atoms with Crippen molar-refractivity contribution in [2.24, 2.45) is 0 Å². The van der Waals surface area contributed by atoms with Gasteiger partial charge in [0.15, 0.2) is 4.96 Å². The molecule has 3 rings (SSSR count). The molecule has 4 nitrogen and oxygen atoms in total. The molecule has 2 heterocycles. The van der Waals surface area contributed by atoms with Gasteiger partial charge in [0.25, 0.3) is 5.56 Å². The smallest absolute Gasteiger partial charge is 0.265 e. The summed E-state index contributed by atoms with van der Waals surface area (Å²) >= 11 is 1.32. The van der Waals surface area contributed by atoms with Gasteiger partial charge in [0, 0.05) is 18.0 Å². The number of rotatable bonds is 2. The maximum atomic E-state index is 12.2. The number of fused-ring (bicyclic) bond motifs is 1. The number of aromatic nitrogens is 2. The molecule has 0 bridgehead atoms. The van der Waals surface area contributed by atoms with Crippen molar-refractivity contribution in [3.63, 3.8) is 0 Å². The number of hydrogen-bond acceptors (Lipinski definition) is 4. The van der Waals surface area contributed by atoms with E-state index in [1.165, 1.54) is 15.7 Å². The number of nitrogens with zero attached hydrogens (tertiary/aromatic N) is 2. The van der Waals surface area contributed by atoms with Crippen molar-refractivity contribution in [1.82, 2.24) is 9.38 Å². The van der Waals surface area contributed by atoms with E-state index in [2.05, 4.69) is 4.98 Å². The van der Waals surface area contributed by atoms with Crippen LogP contribution < -0.4 is 5.56 Å². The average molecular weight is 258 g/mol. The molecule has 0 saturated carbocycles. The normalized spacial score (nSPS) is 10.9. The SMILES string of the molecule is O=c1c(Cc2ccccc2)c(O)nc2sccn12. The molecule has 0 spiro atoms. The lowest BCUT2D eigenvalue weighted by atomic mass is 10.1. The molecule has 0 saturated heterocycles. The van der Waals surface area contributed by atoms with Gasteiger partial charge in [-0.2, -0.15) is 4.98 Å². The first-order valence-corrected chi connectivity index (χ1v) is 6.35. The Morgan fingerprint density at radius 1 is 1.28 bits per heavy atom. The molecule has 5 heteroatoms. The molecule has 0 aliphatic carbocycles. The maximum Gasteiger partial charge on any atom is 0.265 e. The Morgan fingerprint density at radius 2 is 2.06 bits per heavy atom. The molecule has 1 N–H and O–H groups in total. The molecule has 0 fully saturated rings. The van der Waals surface area contributed by atoms with Crippen LogP contribution in [-0.4, -0.2) is 14.5 Å². The summed E-state index contributed by atoms with van der Waals surface area (Å²) in [6.45, 7) is 0. The molecule has 1 aromatic carbocycles. The third kappa shape index (κ3) is 1.78. The van der Waals surface area contributed by atoms with Gasteiger partial charge in [-0.25, -0.2) is 0 Å². The Morgan fingerprint density at radius 3 is 2.83 bits per heavy atom. The third-order valence-corrected chi connectivity index (χ3v) is 3.52. The van der Waals surface area contributed by atoms with Crippen molar-refractivity contribution in [3.05, 3.63) is 63.4 Å². The van der Waals surface area contributed by atoms with Crippen molar-refractivity contribution in [3.8, 4) is 5.88 Å². The van der Waals surface area contributed by atoms with Crippen LogP contribution >= 0.6 is 11.3 Å². The topological polar surface area (TPSA) is 54.6 Å². The lowest BCUT2D eigenvalue weighted by Gasteiger charge is -2.04. The van der Waals surface area contributed by atoms with E-state index in [0.29, 0.717) is 16.9 Å². The summed E-state index contributed by atoms with van der Waals surface area (Å²) in [5.74, 6) is -0.175. The van der Waals surface area contributed by atoms with E-state index in [1.54, 1.807) is 11.6 Å². The van der Waals surface area contributed by atoms with Crippen LogP contribution in [-0.2, 0) is 6.42 Å². The first-order chi connectivity index (χ1) is 8.75. The van der Waals surface area contributed by atoms with E-state index in [4.69, 9.17) is 0 Å². The average Bonchev–Trinajstić information content (AvgIpc) is 2.84. The summed E-state index contributed by atoms with van der Waals surface area (Å²) in [5, 5.41) is 11.6. The van der Waals surface area contributed by atoms with E-state index in [-0.39, 0.29) is 11.4 Å². The summed E-state index contributed by atoms with van der Waals surface area (Å²) < 4.78 is 1.46. The summed E-state index contributed by atoms with van der Waals surface area (Å²) in [7, 11) is 0. The summed E-state index contributed by atoms with van der Waals surface area (Å²) in [5.41, 5.74) is 1.10. The molecule has 3 aromatic rings. The van der Waals surface area contributed by atoms with Crippen LogP contribution in [0.5, 0.6) is 5.88 Å². The van der Waals surface area contributed by atoms with Gasteiger partial charge in [-0.3, -0.25) is 9.20 Å².